The van der Waals surface area contributed by atoms with Crippen LogP contribution in [-0.2, 0) is 12.1 Å². The average Bonchev–Trinajstić information content (AvgIpc) is 3.28. The van der Waals surface area contributed by atoms with Gasteiger partial charge in [-0.2, -0.15) is 5.10 Å². The van der Waals surface area contributed by atoms with Gasteiger partial charge in [-0.15, -0.1) is 0 Å². The van der Waals surface area contributed by atoms with E-state index in [0.29, 0.717) is 13.1 Å². The van der Waals surface area contributed by atoms with Gasteiger partial charge in [-0.25, -0.2) is 22.8 Å². The lowest BCUT2D eigenvalue weighted by molar-refractivity contribution is -0.0686. The SMILES string of the molecule is C[C@@H](N1CCC(Nc2ccc(F)cc2)CC1)[C@](O)(Cn1cncn1)c1ccc(F)cc1F. The van der Waals surface area contributed by atoms with Gasteiger partial charge in [0.15, 0.2) is 0 Å². The summed E-state index contributed by atoms with van der Waals surface area (Å²) in [5, 5.41) is 19.2. The standard InChI is InChI=1S/C23H26F3N5O/c1-16(30-10-8-20(9-11-30)29-19-5-2-17(24)3-6-19)23(32,13-31-15-27-14-28-31)21-7-4-18(25)12-22(21)26/h2-7,12,14-16,20,29,32H,8-11,13H2,1H3/t16-,23-/m1/s1. The maximum absolute atomic E-state index is 14.7. The third kappa shape index (κ3) is 4.78. The molecule has 9 heteroatoms. The molecule has 1 fully saturated rings. The van der Waals surface area contributed by atoms with Crippen molar-refractivity contribution in [1.29, 1.82) is 0 Å². The van der Waals surface area contributed by atoms with Crippen LogP contribution in [0.2, 0.25) is 0 Å². The number of aliphatic hydroxyl groups is 1. The zero-order chi connectivity index (χ0) is 22.7. The second-order valence-electron chi connectivity index (χ2n) is 8.28. The first-order chi connectivity index (χ1) is 15.3. The molecule has 32 heavy (non-hydrogen) atoms. The lowest BCUT2D eigenvalue weighted by atomic mass is 9.84. The minimum atomic E-state index is -1.65. The number of halogens is 3. The molecule has 0 bridgehead atoms. The van der Waals surface area contributed by atoms with E-state index in [4.69, 9.17) is 0 Å². The molecule has 4 rings (SSSR count). The molecule has 1 aromatic heterocycles. The van der Waals surface area contributed by atoms with Gasteiger partial charge in [0.25, 0.3) is 0 Å². The molecule has 0 saturated carbocycles. The molecule has 6 nitrogen and oxygen atoms in total. The molecule has 2 N–H and O–H groups in total. The molecule has 2 heterocycles. The van der Waals surface area contributed by atoms with Crippen molar-refractivity contribution < 1.29 is 18.3 Å². The van der Waals surface area contributed by atoms with Crippen molar-refractivity contribution in [2.45, 2.75) is 44.0 Å². The van der Waals surface area contributed by atoms with Crippen LogP contribution in [-0.4, -0.2) is 49.9 Å². The Morgan fingerprint density at radius 1 is 1.09 bits per heavy atom. The van der Waals surface area contributed by atoms with Crippen LogP contribution >= 0.6 is 0 Å². The van der Waals surface area contributed by atoms with E-state index in [-0.39, 0.29) is 24.0 Å². The lowest BCUT2D eigenvalue weighted by Crippen LogP contribution is -2.55. The fourth-order valence-electron chi connectivity index (χ4n) is 4.36. The largest absolute Gasteiger partial charge is 0.382 e. The number of nitrogens with zero attached hydrogens (tertiary/aromatic N) is 4. The summed E-state index contributed by atoms with van der Waals surface area (Å²) in [5.41, 5.74) is -0.773. The van der Waals surface area contributed by atoms with Crippen molar-refractivity contribution in [3.63, 3.8) is 0 Å². The first-order valence-electron chi connectivity index (χ1n) is 10.6. The van der Waals surface area contributed by atoms with Crippen LogP contribution in [0.25, 0.3) is 0 Å². The topological polar surface area (TPSA) is 66.2 Å². The van der Waals surface area contributed by atoms with E-state index in [2.05, 4.69) is 20.3 Å². The van der Waals surface area contributed by atoms with Crippen LogP contribution in [0, 0.1) is 17.5 Å². The van der Waals surface area contributed by atoms with E-state index in [9.17, 15) is 18.3 Å². The van der Waals surface area contributed by atoms with Crippen LogP contribution in [0.4, 0.5) is 18.9 Å². The van der Waals surface area contributed by atoms with E-state index in [1.54, 1.807) is 12.1 Å². The Kier molecular flexibility index (Phi) is 6.48. The van der Waals surface area contributed by atoms with Crippen LogP contribution < -0.4 is 5.32 Å². The molecule has 3 aromatic rings. The normalized spacial score (nSPS) is 18.3. The lowest BCUT2D eigenvalue weighted by Gasteiger charge is -2.44. The smallest absolute Gasteiger partial charge is 0.137 e. The Balaban J connectivity index is 1.50. The number of benzene rings is 2. The molecule has 0 aliphatic carbocycles. The molecule has 1 saturated heterocycles. The van der Waals surface area contributed by atoms with E-state index in [1.165, 1.54) is 35.5 Å². The zero-order valence-electron chi connectivity index (χ0n) is 17.8. The van der Waals surface area contributed by atoms with Crippen molar-refractivity contribution >= 4 is 5.69 Å². The molecule has 0 spiro atoms. The van der Waals surface area contributed by atoms with Gasteiger partial charge in [-0.1, -0.05) is 6.07 Å². The Morgan fingerprint density at radius 3 is 2.41 bits per heavy atom. The van der Waals surface area contributed by atoms with Crippen LogP contribution in [0.5, 0.6) is 0 Å². The van der Waals surface area contributed by atoms with Crippen molar-refractivity contribution in [3.8, 4) is 0 Å². The molecule has 0 radical (unpaired) electrons. The summed E-state index contributed by atoms with van der Waals surface area (Å²) in [6.45, 7) is 3.16. The molecule has 170 valence electrons. The highest BCUT2D eigenvalue weighted by molar-refractivity contribution is 5.43. The zero-order valence-corrected chi connectivity index (χ0v) is 17.8. The fraction of sp³-hybridized carbons (Fsp3) is 0.391. The van der Waals surface area contributed by atoms with Crippen LogP contribution in [0.15, 0.2) is 55.1 Å². The van der Waals surface area contributed by atoms with E-state index >= 15 is 0 Å². The fourth-order valence-corrected chi connectivity index (χ4v) is 4.36. The molecule has 0 unspecified atom stereocenters. The van der Waals surface area contributed by atoms with Crippen LogP contribution in [0.1, 0.15) is 25.3 Å². The highest BCUT2D eigenvalue weighted by atomic mass is 19.1. The summed E-state index contributed by atoms with van der Waals surface area (Å²) >= 11 is 0. The first kappa shape index (κ1) is 22.3. The Bertz CT molecular complexity index is 1020. The van der Waals surface area contributed by atoms with Gasteiger partial charge >= 0.3 is 0 Å². The number of hydrogen-bond donors (Lipinski definition) is 2. The van der Waals surface area contributed by atoms with Gasteiger partial charge in [0.1, 0.15) is 35.7 Å². The Labute approximate surface area is 184 Å². The summed E-state index contributed by atoms with van der Waals surface area (Å²) in [5.74, 6) is -1.78. The monoisotopic (exact) mass is 445 g/mol. The maximum Gasteiger partial charge on any atom is 0.137 e. The van der Waals surface area contributed by atoms with Crippen LogP contribution in [0.3, 0.4) is 0 Å². The number of piperidine rings is 1. The number of nitrogens with one attached hydrogen (secondary N) is 1. The van der Waals surface area contributed by atoms with Crippen molar-refractivity contribution in [1.82, 2.24) is 19.7 Å². The predicted octanol–water partition coefficient (Wildman–Crippen LogP) is 3.55. The van der Waals surface area contributed by atoms with Gasteiger partial charge in [0.05, 0.1) is 6.54 Å². The molecule has 2 atom stereocenters. The third-order valence-electron chi connectivity index (χ3n) is 6.25. The quantitative estimate of drug-likeness (QED) is 0.582. The van der Waals surface area contributed by atoms with Crippen molar-refractivity contribution in [2.24, 2.45) is 0 Å². The first-order valence-corrected chi connectivity index (χ1v) is 10.6. The number of rotatable bonds is 7. The Morgan fingerprint density at radius 2 is 1.78 bits per heavy atom. The molecule has 1 aliphatic rings. The summed E-state index contributed by atoms with van der Waals surface area (Å²) in [6.07, 6.45) is 4.40. The molecule has 2 aromatic carbocycles. The van der Waals surface area contributed by atoms with E-state index in [0.717, 1.165) is 30.7 Å². The highest BCUT2D eigenvalue weighted by Gasteiger charge is 2.42. The summed E-state index contributed by atoms with van der Waals surface area (Å²) < 4.78 is 42.8. The Hall–Kier alpha value is -2.91. The van der Waals surface area contributed by atoms with Gasteiger partial charge in [-0.3, -0.25) is 4.90 Å². The minimum absolute atomic E-state index is 0.0217. The van der Waals surface area contributed by atoms with Crippen molar-refractivity contribution in [3.05, 3.63) is 78.1 Å². The number of aromatic nitrogens is 3. The molecular formula is C23H26F3N5O. The molecule has 0 amide bonds. The molecular weight excluding hydrogens is 419 g/mol. The highest BCUT2D eigenvalue weighted by Crippen LogP contribution is 2.34. The summed E-state index contributed by atoms with van der Waals surface area (Å²) in [7, 11) is 0. The summed E-state index contributed by atoms with van der Waals surface area (Å²) in [4.78, 5) is 6.01. The van der Waals surface area contributed by atoms with Gasteiger partial charge in [0, 0.05) is 42.5 Å². The minimum Gasteiger partial charge on any atom is -0.382 e. The maximum atomic E-state index is 14.7. The number of hydrogen-bond acceptors (Lipinski definition) is 5. The van der Waals surface area contributed by atoms with Gasteiger partial charge in [-0.05, 0) is 50.1 Å². The second kappa shape index (κ2) is 9.30. The predicted molar refractivity (Wildman–Crippen MR) is 114 cm³/mol. The van der Waals surface area contributed by atoms with E-state index in [1.807, 2.05) is 6.92 Å². The van der Waals surface area contributed by atoms with Gasteiger partial charge < -0.3 is 10.4 Å². The average molecular weight is 445 g/mol. The van der Waals surface area contributed by atoms with E-state index < -0.39 is 23.3 Å². The van der Waals surface area contributed by atoms with Gasteiger partial charge in [0.2, 0.25) is 0 Å². The number of likely N-dealkylation sites (tertiary alicyclic amines) is 1. The molecule has 1 aliphatic heterocycles. The second-order valence-corrected chi connectivity index (χ2v) is 8.28. The summed E-state index contributed by atoms with van der Waals surface area (Å²) in [6, 6.07) is 9.21. The third-order valence-corrected chi connectivity index (χ3v) is 6.25. The number of anilines is 1. The van der Waals surface area contributed by atoms with Crippen molar-refractivity contribution in [2.75, 3.05) is 18.4 Å².